The molecule has 0 saturated carbocycles. The molecule has 0 aromatic heterocycles. The van der Waals surface area contributed by atoms with Gasteiger partial charge < -0.3 is 0 Å². The van der Waals surface area contributed by atoms with E-state index in [2.05, 4.69) is 9.48 Å². The van der Waals surface area contributed by atoms with Crippen molar-refractivity contribution in [1.29, 1.82) is 0 Å². The SMILES string of the molecule is NC(N1CCCC1)=[N+]1CCCCC1. The summed E-state index contributed by atoms with van der Waals surface area (Å²) in [5, 5.41) is 0. The molecule has 3 heteroatoms. The molecular formula is C10H20N3+. The van der Waals surface area contributed by atoms with E-state index in [-0.39, 0.29) is 0 Å². The monoisotopic (exact) mass is 182 g/mol. The van der Waals surface area contributed by atoms with Crippen LogP contribution in [0.15, 0.2) is 0 Å². The summed E-state index contributed by atoms with van der Waals surface area (Å²) in [5.41, 5.74) is 6.12. The number of likely N-dealkylation sites (tertiary alicyclic amines) is 1. The third-order valence-electron chi connectivity index (χ3n) is 3.11. The highest BCUT2D eigenvalue weighted by Gasteiger charge is 2.23. The molecule has 2 heterocycles. The number of piperidine rings is 1. The van der Waals surface area contributed by atoms with Gasteiger partial charge >= 0.3 is 5.96 Å². The lowest BCUT2D eigenvalue weighted by atomic mass is 10.2. The van der Waals surface area contributed by atoms with Gasteiger partial charge in [0.05, 0.1) is 26.2 Å². The van der Waals surface area contributed by atoms with E-state index in [9.17, 15) is 0 Å². The molecule has 74 valence electrons. The van der Waals surface area contributed by atoms with Crippen molar-refractivity contribution in [3.8, 4) is 0 Å². The Labute approximate surface area is 80.2 Å². The zero-order valence-electron chi connectivity index (χ0n) is 8.34. The van der Waals surface area contributed by atoms with Crippen molar-refractivity contribution in [3.05, 3.63) is 0 Å². The van der Waals surface area contributed by atoms with Gasteiger partial charge in [-0.05, 0) is 32.1 Å². The second-order valence-electron chi connectivity index (χ2n) is 4.10. The summed E-state index contributed by atoms with van der Waals surface area (Å²) in [6.45, 7) is 4.68. The van der Waals surface area contributed by atoms with Crippen LogP contribution in [0.1, 0.15) is 32.1 Å². The van der Waals surface area contributed by atoms with Crippen LogP contribution in [0.5, 0.6) is 0 Å². The van der Waals surface area contributed by atoms with Crippen molar-refractivity contribution in [1.82, 2.24) is 4.90 Å². The lowest BCUT2D eigenvalue weighted by molar-refractivity contribution is -0.542. The minimum absolute atomic E-state index is 1.04. The zero-order valence-corrected chi connectivity index (χ0v) is 8.34. The van der Waals surface area contributed by atoms with Crippen LogP contribution in [0.4, 0.5) is 0 Å². The van der Waals surface area contributed by atoms with Crippen LogP contribution >= 0.6 is 0 Å². The van der Waals surface area contributed by atoms with Crippen molar-refractivity contribution in [2.24, 2.45) is 5.73 Å². The standard InChI is InChI=1S/C10H19N3/c11-10(13-8-4-5-9-13)12-6-2-1-3-7-12/h11H,1-9H2/p+1. The first kappa shape index (κ1) is 8.85. The summed E-state index contributed by atoms with van der Waals surface area (Å²) in [6, 6.07) is 0. The second-order valence-corrected chi connectivity index (χ2v) is 4.10. The van der Waals surface area contributed by atoms with E-state index in [1.807, 2.05) is 0 Å². The molecule has 0 bridgehead atoms. The van der Waals surface area contributed by atoms with E-state index in [0.29, 0.717) is 0 Å². The van der Waals surface area contributed by atoms with Crippen LogP contribution in [0.2, 0.25) is 0 Å². The zero-order chi connectivity index (χ0) is 9.10. The van der Waals surface area contributed by atoms with Crippen molar-refractivity contribution in [3.63, 3.8) is 0 Å². The van der Waals surface area contributed by atoms with E-state index < -0.39 is 0 Å². The molecule has 2 aliphatic rings. The molecule has 0 spiro atoms. The van der Waals surface area contributed by atoms with Crippen LogP contribution in [0, 0.1) is 0 Å². The molecule has 2 aliphatic heterocycles. The van der Waals surface area contributed by atoms with Crippen LogP contribution in [-0.4, -0.2) is 41.6 Å². The minimum atomic E-state index is 1.04. The van der Waals surface area contributed by atoms with Gasteiger partial charge in [-0.25, -0.2) is 0 Å². The largest absolute Gasteiger partial charge is 0.345 e. The van der Waals surface area contributed by atoms with Gasteiger partial charge in [-0.3, -0.25) is 15.2 Å². The molecule has 2 rings (SSSR count). The number of rotatable bonds is 0. The Morgan fingerprint density at radius 3 is 2.15 bits per heavy atom. The van der Waals surface area contributed by atoms with Crippen LogP contribution in [-0.2, 0) is 0 Å². The van der Waals surface area contributed by atoms with Crippen LogP contribution in [0.25, 0.3) is 0 Å². The fraction of sp³-hybridized carbons (Fsp3) is 0.900. The van der Waals surface area contributed by atoms with E-state index >= 15 is 0 Å². The third-order valence-corrected chi connectivity index (χ3v) is 3.11. The molecule has 0 amide bonds. The maximum Gasteiger partial charge on any atom is 0.345 e. The molecule has 0 aromatic rings. The number of nitrogens with two attached hydrogens (primary N) is 1. The Balaban J connectivity index is 2.02. The number of nitrogens with zero attached hydrogens (tertiary/aromatic N) is 2. The lowest BCUT2D eigenvalue weighted by Gasteiger charge is -2.19. The highest BCUT2D eigenvalue weighted by Crippen LogP contribution is 2.09. The van der Waals surface area contributed by atoms with Gasteiger partial charge in [0.25, 0.3) is 0 Å². The summed E-state index contributed by atoms with van der Waals surface area (Å²) in [5.74, 6) is 1.04. The first-order valence-corrected chi connectivity index (χ1v) is 5.50. The number of hydrogen-bond donors (Lipinski definition) is 1. The van der Waals surface area contributed by atoms with E-state index in [0.717, 1.165) is 5.96 Å². The normalized spacial score (nSPS) is 23.7. The molecule has 0 atom stereocenters. The smallest absolute Gasteiger partial charge is 0.291 e. The molecule has 0 unspecified atom stereocenters. The summed E-state index contributed by atoms with van der Waals surface area (Å²) in [6.07, 6.45) is 6.63. The molecular weight excluding hydrogens is 162 g/mol. The average molecular weight is 182 g/mol. The number of guanidine groups is 1. The first-order valence-electron chi connectivity index (χ1n) is 5.50. The molecule has 3 nitrogen and oxygen atoms in total. The Morgan fingerprint density at radius 2 is 1.54 bits per heavy atom. The highest BCUT2D eigenvalue weighted by molar-refractivity contribution is 5.73. The fourth-order valence-corrected chi connectivity index (χ4v) is 2.27. The first-order chi connectivity index (χ1) is 6.38. The summed E-state index contributed by atoms with van der Waals surface area (Å²) < 4.78 is 2.36. The van der Waals surface area contributed by atoms with Crippen LogP contribution in [0.3, 0.4) is 0 Å². The number of hydrogen-bond acceptors (Lipinski definition) is 0. The fourth-order valence-electron chi connectivity index (χ4n) is 2.27. The van der Waals surface area contributed by atoms with Crippen molar-refractivity contribution in [2.75, 3.05) is 26.2 Å². The Hall–Kier alpha value is -0.730. The summed E-state index contributed by atoms with van der Waals surface area (Å²) in [7, 11) is 0. The van der Waals surface area contributed by atoms with E-state index in [1.165, 1.54) is 58.3 Å². The molecule has 2 saturated heterocycles. The summed E-state index contributed by atoms with van der Waals surface area (Å²) >= 11 is 0. The molecule has 0 aliphatic carbocycles. The molecule has 13 heavy (non-hydrogen) atoms. The minimum Gasteiger partial charge on any atom is -0.291 e. The van der Waals surface area contributed by atoms with Gasteiger partial charge in [-0.15, -0.1) is 0 Å². The highest BCUT2D eigenvalue weighted by atomic mass is 15.3. The second kappa shape index (κ2) is 3.99. The Morgan fingerprint density at radius 1 is 0.923 bits per heavy atom. The topological polar surface area (TPSA) is 32.3 Å². The maximum atomic E-state index is 6.12. The quantitative estimate of drug-likeness (QED) is 0.439. The Kier molecular flexibility index (Phi) is 2.71. The Bertz CT molecular complexity index is 196. The van der Waals surface area contributed by atoms with E-state index in [1.54, 1.807) is 0 Å². The lowest BCUT2D eigenvalue weighted by Crippen LogP contribution is -2.44. The predicted octanol–water partition coefficient (Wildman–Crippen LogP) is 0.593. The van der Waals surface area contributed by atoms with Gasteiger partial charge in [0.15, 0.2) is 0 Å². The predicted molar refractivity (Wildman–Crippen MR) is 53.8 cm³/mol. The van der Waals surface area contributed by atoms with Gasteiger partial charge in [-0.1, -0.05) is 0 Å². The average Bonchev–Trinajstić information content (AvgIpc) is 2.71. The van der Waals surface area contributed by atoms with Crippen molar-refractivity contribution >= 4 is 5.96 Å². The maximum absolute atomic E-state index is 6.12. The molecule has 2 N–H and O–H groups in total. The van der Waals surface area contributed by atoms with Gasteiger partial charge in [-0.2, -0.15) is 0 Å². The third kappa shape index (κ3) is 1.95. The van der Waals surface area contributed by atoms with E-state index in [4.69, 9.17) is 5.73 Å². The van der Waals surface area contributed by atoms with Gasteiger partial charge in [0.2, 0.25) is 0 Å². The van der Waals surface area contributed by atoms with Crippen LogP contribution < -0.4 is 5.73 Å². The van der Waals surface area contributed by atoms with Gasteiger partial charge in [0.1, 0.15) is 0 Å². The molecule has 0 radical (unpaired) electrons. The molecule has 0 aromatic carbocycles. The summed E-state index contributed by atoms with van der Waals surface area (Å²) in [4.78, 5) is 2.34. The van der Waals surface area contributed by atoms with Crippen molar-refractivity contribution < 1.29 is 4.58 Å². The van der Waals surface area contributed by atoms with Crippen molar-refractivity contribution in [2.45, 2.75) is 32.1 Å². The van der Waals surface area contributed by atoms with Gasteiger partial charge in [0, 0.05) is 0 Å². The molecule has 2 fully saturated rings.